The van der Waals surface area contributed by atoms with Gasteiger partial charge in [-0.15, -0.1) is 0 Å². The topological polar surface area (TPSA) is 52.6 Å². The van der Waals surface area contributed by atoms with E-state index in [0.717, 1.165) is 5.92 Å². The predicted octanol–water partition coefficient (Wildman–Crippen LogP) is 1.96. The molecule has 0 aromatic carbocycles. The molecule has 0 aliphatic carbocycles. The summed E-state index contributed by atoms with van der Waals surface area (Å²) in [4.78, 5) is 11.4. The van der Waals surface area contributed by atoms with Gasteiger partial charge >= 0.3 is 12.1 Å². The van der Waals surface area contributed by atoms with Crippen LogP contribution in [-0.4, -0.2) is 54.9 Å². The summed E-state index contributed by atoms with van der Waals surface area (Å²) in [7, 11) is 0. The molecule has 0 spiro atoms. The van der Waals surface area contributed by atoms with E-state index in [1.54, 1.807) is 0 Å². The number of hydrogen-bond acceptors (Lipinski definition) is 3. The van der Waals surface area contributed by atoms with Gasteiger partial charge in [0.25, 0.3) is 0 Å². The molecule has 1 rings (SSSR count). The molecule has 7 heteroatoms. The molecule has 1 fully saturated rings. The quantitative estimate of drug-likeness (QED) is 0.810. The van der Waals surface area contributed by atoms with E-state index in [0.29, 0.717) is 0 Å². The minimum atomic E-state index is -5.08. The van der Waals surface area contributed by atoms with Crippen molar-refractivity contribution in [2.75, 3.05) is 32.7 Å². The fourth-order valence-electron chi connectivity index (χ4n) is 1.87. The number of carbonyl (C=O) groups is 1. The maximum Gasteiger partial charge on any atom is 0.490 e. The first kappa shape index (κ1) is 18.2. The van der Waals surface area contributed by atoms with E-state index in [1.165, 1.54) is 45.6 Å². The van der Waals surface area contributed by atoms with Crippen molar-refractivity contribution < 1.29 is 23.1 Å². The molecule has 0 amide bonds. The lowest BCUT2D eigenvalue weighted by atomic mass is 10.1. The summed E-state index contributed by atoms with van der Waals surface area (Å²) in [6, 6.07) is 0. The zero-order chi connectivity index (χ0) is 14.9. The molecule has 19 heavy (non-hydrogen) atoms. The summed E-state index contributed by atoms with van der Waals surface area (Å²) in [6.45, 7) is 10.7. The molecule has 0 aromatic rings. The lowest BCUT2D eigenvalue weighted by molar-refractivity contribution is -0.192. The van der Waals surface area contributed by atoms with Gasteiger partial charge in [0.1, 0.15) is 0 Å². The van der Waals surface area contributed by atoms with E-state index in [9.17, 15) is 13.2 Å². The Labute approximate surface area is 112 Å². The number of rotatable bonds is 5. The van der Waals surface area contributed by atoms with Crippen molar-refractivity contribution in [1.82, 2.24) is 10.2 Å². The largest absolute Gasteiger partial charge is 0.490 e. The van der Waals surface area contributed by atoms with E-state index in [2.05, 4.69) is 24.1 Å². The fourth-order valence-corrected chi connectivity index (χ4v) is 1.87. The van der Waals surface area contributed by atoms with Crippen molar-refractivity contribution in [3.8, 4) is 0 Å². The summed E-state index contributed by atoms with van der Waals surface area (Å²) in [5, 5.41) is 10.5. The van der Waals surface area contributed by atoms with Crippen molar-refractivity contribution in [3.63, 3.8) is 0 Å². The van der Waals surface area contributed by atoms with Crippen LogP contribution in [0.25, 0.3) is 0 Å². The van der Waals surface area contributed by atoms with Crippen LogP contribution in [0.2, 0.25) is 0 Å². The molecule has 114 valence electrons. The summed E-state index contributed by atoms with van der Waals surface area (Å²) in [5.74, 6) is -1.81. The van der Waals surface area contributed by atoms with Gasteiger partial charge in [0.15, 0.2) is 0 Å². The second kappa shape index (κ2) is 9.14. The van der Waals surface area contributed by atoms with Gasteiger partial charge in [-0.1, -0.05) is 13.8 Å². The molecule has 0 bridgehead atoms. The maximum absolute atomic E-state index is 10.6. The smallest absolute Gasteiger partial charge is 0.475 e. The Bertz CT molecular complexity index is 248. The second-order valence-electron chi connectivity index (χ2n) is 4.48. The Balaban J connectivity index is 0.000000399. The zero-order valence-electron chi connectivity index (χ0n) is 11.5. The Morgan fingerprint density at radius 1 is 1.37 bits per heavy atom. The minimum absolute atomic E-state index is 0.950. The van der Waals surface area contributed by atoms with Gasteiger partial charge in [0.2, 0.25) is 0 Å². The molecule has 0 saturated carbocycles. The minimum Gasteiger partial charge on any atom is -0.475 e. The number of nitrogens with one attached hydrogen (secondary N) is 1. The summed E-state index contributed by atoms with van der Waals surface area (Å²) >= 11 is 0. The van der Waals surface area contributed by atoms with Crippen LogP contribution in [0.5, 0.6) is 0 Å². The molecular formula is C12H23F3N2O2. The standard InChI is InChI=1S/C10H22N2.C2HF3O2/c1-3-12(4-2)8-6-10-5-7-11-9-10;3-2(4,5)1(6)7/h10-11H,3-9H2,1-2H3;(H,6,7)/t10-;/m1./s1. The average Bonchev–Trinajstić information content (AvgIpc) is 2.83. The molecular weight excluding hydrogens is 261 g/mol. The Morgan fingerprint density at radius 2 is 1.89 bits per heavy atom. The van der Waals surface area contributed by atoms with Crippen molar-refractivity contribution in [1.29, 1.82) is 0 Å². The lowest BCUT2D eigenvalue weighted by Gasteiger charge is -2.19. The van der Waals surface area contributed by atoms with E-state index >= 15 is 0 Å². The number of carboxylic acids is 1. The third kappa shape index (κ3) is 8.83. The molecule has 1 aliphatic heterocycles. The molecule has 0 aromatic heterocycles. The van der Waals surface area contributed by atoms with Gasteiger partial charge in [-0.05, 0) is 51.5 Å². The Morgan fingerprint density at radius 3 is 2.21 bits per heavy atom. The Hall–Kier alpha value is -0.820. The Kier molecular flexibility index (Phi) is 8.75. The molecule has 1 atom stereocenters. The third-order valence-electron chi connectivity index (χ3n) is 3.15. The van der Waals surface area contributed by atoms with Gasteiger partial charge in [-0.25, -0.2) is 4.79 Å². The molecule has 0 unspecified atom stereocenters. The van der Waals surface area contributed by atoms with Gasteiger partial charge in [-0.3, -0.25) is 0 Å². The van der Waals surface area contributed by atoms with E-state index < -0.39 is 12.1 Å². The highest BCUT2D eigenvalue weighted by Crippen LogP contribution is 2.13. The number of alkyl halides is 3. The highest BCUT2D eigenvalue weighted by atomic mass is 19.4. The van der Waals surface area contributed by atoms with Crippen LogP contribution < -0.4 is 5.32 Å². The summed E-state index contributed by atoms with van der Waals surface area (Å²) in [5.41, 5.74) is 0. The van der Waals surface area contributed by atoms with Gasteiger partial charge in [-0.2, -0.15) is 13.2 Å². The molecule has 1 aliphatic rings. The van der Waals surface area contributed by atoms with Crippen LogP contribution in [-0.2, 0) is 4.79 Å². The highest BCUT2D eigenvalue weighted by molar-refractivity contribution is 5.73. The summed E-state index contributed by atoms with van der Waals surface area (Å²) in [6.07, 6.45) is -2.31. The number of hydrogen-bond donors (Lipinski definition) is 2. The maximum atomic E-state index is 10.6. The van der Waals surface area contributed by atoms with Crippen LogP contribution in [0.15, 0.2) is 0 Å². The average molecular weight is 284 g/mol. The molecule has 4 nitrogen and oxygen atoms in total. The molecule has 0 radical (unpaired) electrons. The number of halogens is 3. The highest BCUT2D eigenvalue weighted by Gasteiger charge is 2.38. The lowest BCUT2D eigenvalue weighted by Crippen LogP contribution is -2.26. The second-order valence-corrected chi connectivity index (χ2v) is 4.48. The first-order chi connectivity index (χ1) is 8.81. The number of nitrogens with zero attached hydrogens (tertiary/aromatic N) is 1. The number of carboxylic acid groups (broad SMARTS) is 1. The predicted molar refractivity (Wildman–Crippen MR) is 67.1 cm³/mol. The van der Waals surface area contributed by atoms with E-state index in [1.807, 2.05) is 0 Å². The zero-order valence-corrected chi connectivity index (χ0v) is 11.5. The third-order valence-corrected chi connectivity index (χ3v) is 3.15. The van der Waals surface area contributed by atoms with Gasteiger partial charge in [0, 0.05) is 0 Å². The normalized spacial score (nSPS) is 19.2. The number of aliphatic carboxylic acids is 1. The van der Waals surface area contributed by atoms with Crippen molar-refractivity contribution in [2.24, 2.45) is 5.92 Å². The summed E-state index contributed by atoms with van der Waals surface area (Å²) < 4.78 is 31.7. The van der Waals surface area contributed by atoms with E-state index in [4.69, 9.17) is 9.90 Å². The fraction of sp³-hybridized carbons (Fsp3) is 0.917. The van der Waals surface area contributed by atoms with Crippen molar-refractivity contribution >= 4 is 5.97 Å². The van der Waals surface area contributed by atoms with Crippen molar-refractivity contribution in [2.45, 2.75) is 32.9 Å². The van der Waals surface area contributed by atoms with E-state index in [-0.39, 0.29) is 0 Å². The van der Waals surface area contributed by atoms with Gasteiger partial charge in [0.05, 0.1) is 0 Å². The van der Waals surface area contributed by atoms with Crippen LogP contribution in [0, 0.1) is 5.92 Å². The van der Waals surface area contributed by atoms with Crippen LogP contribution >= 0.6 is 0 Å². The first-order valence-corrected chi connectivity index (χ1v) is 6.54. The van der Waals surface area contributed by atoms with Crippen LogP contribution in [0.3, 0.4) is 0 Å². The molecule has 1 saturated heterocycles. The van der Waals surface area contributed by atoms with Crippen molar-refractivity contribution in [3.05, 3.63) is 0 Å². The monoisotopic (exact) mass is 284 g/mol. The first-order valence-electron chi connectivity index (χ1n) is 6.54. The molecule has 1 heterocycles. The van der Waals surface area contributed by atoms with Gasteiger partial charge < -0.3 is 15.3 Å². The van der Waals surface area contributed by atoms with Crippen LogP contribution in [0.4, 0.5) is 13.2 Å². The van der Waals surface area contributed by atoms with Crippen LogP contribution in [0.1, 0.15) is 26.7 Å². The molecule has 2 N–H and O–H groups in total. The SMILES string of the molecule is CCN(CC)CC[C@H]1CCNC1.O=C(O)C(F)(F)F.